The number of esters is 1. The zero-order valence-electron chi connectivity index (χ0n) is 23.6. The molecule has 1 saturated heterocycles. The highest BCUT2D eigenvalue weighted by atomic mass is 31.2. The molecule has 230 valence electrons. The summed E-state index contributed by atoms with van der Waals surface area (Å²) >= 11 is 0. The number of aliphatic hydroxyl groups excluding tert-OH is 2. The van der Waals surface area contributed by atoms with Crippen molar-refractivity contribution >= 4 is 30.7 Å². The number of fused-ring (bicyclic) bond motifs is 1. The Hall–Kier alpha value is -4.35. The molecule has 4 aromatic rings. The molecule has 2 aromatic heterocycles. The van der Waals surface area contributed by atoms with Gasteiger partial charge in [0.25, 0.3) is 0 Å². The average Bonchev–Trinajstić information content (AvgIpc) is 3.59. The van der Waals surface area contributed by atoms with E-state index >= 15 is 0 Å². The minimum atomic E-state index is -4.27. The van der Waals surface area contributed by atoms with Crippen molar-refractivity contribution in [2.45, 2.75) is 44.1 Å². The van der Waals surface area contributed by atoms with Gasteiger partial charge in [0.1, 0.15) is 43.0 Å². The van der Waals surface area contributed by atoms with E-state index < -0.39 is 50.9 Å². The lowest BCUT2D eigenvalue weighted by molar-refractivity contribution is -0.146. The van der Waals surface area contributed by atoms with Gasteiger partial charge >= 0.3 is 13.7 Å². The molecule has 5 rings (SSSR count). The van der Waals surface area contributed by atoms with Crippen molar-refractivity contribution in [2.75, 3.05) is 18.5 Å². The van der Waals surface area contributed by atoms with Crippen LogP contribution < -0.4 is 14.9 Å². The van der Waals surface area contributed by atoms with Crippen molar-refractivity contribution in [3.8, 4) is 18.1 Å². The molecular formula is C29H31N6O8P. The Morgan fingerprint density at radius 1 is 1.11 bits per heavy atom. The summed E-state index contributed by atoms with van der Waals surface area (Å²) in [6, 6.07) is 16.2. The number of nitrogens with zero attached hydrogens (tertiary/aromatic N) is 4. The Balaban J connectivity index is 1.28. The van der Waals surface area contributed by atoms with Crippen molar-refractivity contribution in [3.63, 3.8) is 0 Å². The summed E-state index contributed by atoms with van der Waals surface area (Å²) in [6.45, 7) is 1.21. The number of imidazole rings is 1. The van der Waals surface area contributed by atoms with Gasteiger partial charge in [-0.05, 0) is 24.6 Å². The Labute approximate surface area is 253 Å². The second kappa shape index (κ2) is 14.0. The quantitative estimate of drug-likeness (QED) is 0.0971. The maximum atomic E-state index is 13.9. The molecule has 6 atom stereocenters. The number of ether oxygens (including phenoxy) is 2. The van der Waals surface area contributed by atoms with Crippen LogP contribution in [0.2, 0.25) is 0 Å². The van der Waals surface area contributed by atoms with Crippen LogP contribution in [0.4, 0.5) is 5.82 Å². The van der Waals surface area contributed by atoms with Gasteiger partial charge in [0, 0.05) is 0 Å². The van der Waals surface area contributed by atoms with Crippen molar-refractivity contribution in [3.05, 3.63) is 78.9 Å². The molecule has 0 saturated carbocycles. The summed E-state index contributed by atoms with van der Waals surface area (Å²) in [4.78, 5) is 25.4. The van der Waals surface area contributed by atoms with Gasteiger partial charge in [0.05, 0.1) is 19.5 Å². The molecule has 1 aliphatic heterocycles. The maximum absolute atomic E-state index is 13.9. The molecule has 4 N–H and O–H groups in total. The SMILES string of the molecule is C#CCNc1ncnc2c1ncn2[C@@H]1O[C@H](COP(=O)(N[C@@H](C)C(=O)OCc2ccccc2)Oc2ccccc2)[C@@H](O)[C@H]1O. The molecule has 0 spiro atoms. The summed E-state index contributed by atoms with van der Waals surface area (Å²) < 4.78 is 38.0. The smallest absolute Gasteiger partial charge is 0.459 e. The topological polar surface area (TPSA) is 179 Å². The first-order chi connectivity index (χ1) is 21.3. The molecule has 1 aliphatic rings. The van der Waals surface area contributed by atoms with Gasteiger partial charge < -0.3 is 29.5 Å². The van der Waals surface area contributed by atoms with Crippen molar-refractivity contribution in [2.24, 2.45) is 0 Å². The van der Waals surface area contributed by atoms with Crippen molar-refractivity contribution in [1.82, 2.24) is 24.6 Å². The van der Waals surface area contributed by atoms with E-state index in [1.165, 1.54) is 24.1 Å². The molecule has 1 fully saturated rings. The molecule has 0 aliphatic carbocycles. The van der Waals surface area contributed by atoms with Crippen LogP contribution in [0.15, 0.2) is 73.3 Å². The minimum Gasteiger partial charge on any atom is -0.460 e. The summed E-state index contributed by atoms with van der Waals surface area (Å²) in [5, 5.41) is 27.2. The van der Waals surface area contributed by atoms with E-state index in [0.29, 0.717) is 17.0 Å². The van der Waals surface area contributed by atoms with Gasteiger partial charge in [0.2, 0.25) is 0 Å². The first kappa shape index (κ1) is 31.1. The van der Waals surface area contributed by atoms with Gasteiger partial charge in [-0.15, -0.1) is 6.42 Å². The number of para-hydroxylation sites is 1. The van der Waals surface area contributed by atoms with Crippen molar-refractivity contribution in [1.29, 1.82) is 0 Å². The Bertz CT molecular complexity index is 1650. The molecule has 14 nitrogen and oxygen atoms in total. The molecule has 15 heteroatoms. The summed E-state index contributed by atoms with van der Waals surface area (Å²) in [7, 11) is -4.27. The fourth-order valence-electron chi connectivity index (χ4n) is 4.42. The van der Waals surface area contributed by atoms with Gasteiger partial charge in [0.15, 0.2) is 23.2 Å². The standard InChI is InChI=1S/C29H31N6O8P/c1-3-14-30-26-23-27(32-17-31-26)35(18-33-23)28-25(37)24(36)22(42-28)16-41-44(39,43-21-12-8-5-9-13-21)34-19(2)29(38)40-15-20-10-6-4-7-11-20/h1,4-13,17-19,22,24-25,28,36-37H,14-16H2,2H3,(H,34,39)(H,30,31,32)/t19-,22+,24+,25+,28+,44?/m0/s1. The largest absolute Gasteiger partial charge is 0.460 e. The summed E-state index contributed by atoms with van der Waals surface area (Å²) in [5.41, 5.74) is 1.48. The normalized spacial score (nSPS) is 21.7. The summed E-state index contributed by atoms with van der Waals surface area (Å²) in [5.74, 6) is 2.36. The van der Waals surface area contributed by atoms with Gasteiger partial charge in [-0.3, -0.25) is 13.9 Å². The van der Waals surface area contributed by atoms with E-state index in [1.807, 2.05) is 18.2 Å². The number of aliphatic hydroxyl groups is 2. The van der Waals surface area contributed by atoms with Crippen molar-refractivity contribution < 1.29 is 38.1 Å². The predicted octanol–water partition coefficient (Wildman–Crippen LogP) is 2.42. The molecule has 2 aromatic carbocycles. The monoisotopic (exact) mass is 622 g/mol. The number of hydrogen-bond acceptors (Lipinski definition) is 12. The van der Waals surface area contributed by atoms with Crippen LogP contribution >= 0.6 is 7.75 Å². The Morgan fingerprint density at radius 3 is 2.57 bits per heavy atom. The van der Waals surface area contributed by atoms with E-state index in [9.17, 15) is 19.6 Å². The van der Waals surface area contributed by atoms with Gasteiger partial charge in [-0.1, -0.05) is 54.5 Å². The number of terminal acetylenes is 1. The highest BCUT2D eigenvalue weighted by Crippen LogP contribution is 2.46. The third-order valence-corrected chi connectivity index (χ3v) is 8.28. The van der Waals surface area contributed by atoms with E-state index in [4.69, 9.17) is 24.9 Å². The number of rotatable bonds is 13. The molecule has 0 bridgehead atoms. The third-order valence-electron chi connectivity index (χ3n) is 6.63. The number of benzene rings is 2. The van der Waals surface area contributed by atoms with Crippen LogP contribution in [0, 0.1) is 12.3 Å². The second-order valence-corrected chi connectivity index (χ2v) is 11.5. The molecule has 44 heavy (non-hydrogen) atoms. The molecular weight excluding hydrogens is 591 g/mol. The van der Waals surface area contributed by atoms with E-state index in [0.717, 1.165) is 5.56 Å². The highest BCUT2D eigenvalue weighted by molar-refractivity contribution is 7.52. The predicted molar refractivity (Wildman–Crippen MR) is 158 cm³/mol. The molecule has 1 unspecified atom stereocenters. The highest BCUT2D eigenvalue weighted by Gasteiger charge is 2.46. The van der Waals surface area contributed by atoms with Crippen LogP contribution in [0.1, 0.15) is 18.7 Å². The first-order valence-corrected chi connectivity index (χ1v) is 15.2. The number of anilines is 1. The molecule has 0 radical (unpaired) electrons. The van der Waals surface area contributed by atoms with Gasteiger partial charge in [-0.25, -0.2) is 19.5 Å². The molecule has 3 heterocycles. The minimum absolute atomic E-state index is 0.0209. The number of carbonyl (C=O) groups excluding carboxylic acids is 1. The van der Waals surface area contributed by atoms with E-state index in [1.54, 1.807) is 42.5 Å². The number of nitrogens with one attached hydrogen (secondary N) is 2. The summed E-state index contributed by atoms with van der Waals surface area (Å²) in [6.07, 6.45) is 2.87. The van der Waals surface area contributed by atoms with E-state index in [-0.39, 0.29) is 18.9 Å². The average molecular weight is 623 g/mol. The Kier molecular flexibility index (Phi) is 9.86. The fourth-order valence-corrected chi connectivity index (χ4v) is 5.93. The number of aromatic nitrogens is 4. The van der Waals surface area contributed by atoms with Crippen LogP contribution in [0.5, 0.6) is 5.75 Å². The van der Waals surface area contributed by atoms with Crippen LogP contribution in [0.3, 0.4) is 0 Å². The fraction of sp³-hybridized carbons (Fsp3) is 0.310. The Morgan fingerprint density at radius 2 is 1.84 bits per heavy atom. The zero-order valence-corrected chi connectivity index (χ0v) is 24.5. The third kappa shape index (κ3) is 7.23. The van der Waals surface area contributed by atoms with Crippen LogP contribution in [-0.2, 0) is 30.0 Å². The lowest BCUT2D eigenvalue weighted by atomic mass is 10.1. The first-order valence-electron chi connectivity index (χ1n) is 13.6. The van der Waals surface area contributed by atoms with E-state index in [2.05, 4.69) is 31.3 Å². The number of carbonyl (C=O) groups is 1. The lowest BCUT2D eigenvalue weighted by Crippen LogP contribution is -2.37. The lowest BCUT2D eigenvalue weighted by Gasteiger charge is -2.24. The second-order valence-electron chi connectivity index (χ2n) is 9.79. The maximum Gasteiger partial charge on any atom is 0.459 e. The number of hydrogen-bond donors (Lipinski definition) is 4. The zero-order chi connectivity index (χ0) is 31.1. The van der Waals surface area contributed by atoms with Gasteiger partial charge in [-0.2, -0.15) is 5.09 Å². The molecule has 0 amide bonds. The van der Waals surface area contributed by atoms with Crippen LogP contribution in [-0.4, -0.2) is 73.2 Å². The van der Waals surface area contributed by atoms with Crippen LogP contribution in [0.25, 0.3) is 11.2 Å².